The lowest BCUT2D eigenvalue weighted by Crippen LogP contribution is -2.03. The van der Waals surface area contributed by atoms with Gasteiger partial charge in [0.25, 0.3) is 0 Å². The van der Waals surface area contributed by atoms with Crippen LogP contribution in [-0.4, -0.2) is 5.11 Å². The minimum absolute atomic E-state index is 0.0995. The Hall–Kier alpha value is -3.73. The number of aromatic hydroxyl groups is 1. The second-order valence-corrected chi connectivity index (χ2v) is 6.17. The zero-order valence-corrected chi connectivity index (χ0v) is 14.4. The maximum Gasteiger partial charge on any atom is 0.235 e. The fourth-order valence-corrected chi connectivity index (χ4v) is 2.87. The summed E-state index contributed by atoms with van der Waals surface area (Å²) in [6.07, 6.45) is 0. The molecule has 0 aliphatic carbocycles. The second kappa shape index (κ2) is 6.88. The Kier molecular flexibility index (Phi) is 4.26. The average molecular weight is 359 g/mol. The normalized spacial score (nSPS) is 10.8. The first-order valence-electron chi connectivity index (χ1n) is 8.44. The maximum absolute atomic E-state index is 12.5. The van der Waals surface area contributed by atoms with Crippen molar-refractivity contribution in [3.63, 3.8) is 0 Å². The summed E-state index contributed by atoms with van der Waals surface area (Å²) in [4.78, 5) is 12.5. The predicted octanol–water partition coefficient (Wildman–Crippen LogP) is 4.33. The SMILES string of the molecule is Nc1ccc2oc(-c3cccc(OCc4ccccc4)c3)c(O)c(=O)c2c1. The topological polar surface area (TPSA) is 85.7 Å². The van der Waals surface area contributed by atoms with Crippen molar-refractivity contribution in [2.45, 2.75) is 6.61 Å². The molecule has 3 aromatic carbocycles. The summed E-state index contributed by atoms with van der Waals surface area (Å²) in [7, 11) is 0. The highest BCUT2D eigenvalue weighted by Gasteiger charge is 2.16. The third kappa shape index (κ3) is 3.35. The van der Waals surface area contributed by atoms with E-state index < -0.39 is 11.2 Å². The molecule has 0 amide bonds. The largest absolute Gasteiger partial charge is 0.502 e. The van der Waals surface area contributed by atoms with Crippen LogP contribution in [0.1, 0.15) is 5.56 Å². The quantitative estimate of drug-likeness (QED) is 0.530. The number of nitrogens with two attached hydrogens (primary N) is 1. The Morgan fingerprint density at radius 1 is 0.963 bits per heavy atom. The minimum Gasteiger partial charge on any atom is -0.502 e. The number of nitrogen functional groups attached to an aromatic ring is 1. The van der Waals surface area contributed by atoms with E-state index in [1.54, 1.807) is 30.3 Å². The van der Waals surface area contributed by atoms with E-state index in [0.717, 1.165) is 5.56 Å². The molecule has 0 spiro atoms. The number of rotatable bonds is 4. The van der Waals surface area contributed by atoms with Crippen LogP contribution >= 0.6 is 0 Å². The Balaban J connectivity index is 1.70. The molecule has 5 nitrogen and oxygen atoms in total. The van der Waals surface area contributed by atoms with Gasteiger partial charge in [0.1, 0.15) is 17.9 Å². The number of hydrogen-bond acceptors (Lipinski definition) is 5. The standard InChI is InChI=1S/C22H17NO4/c23-16-9-10-19-18(12-16)20(24)21(25)22(27-19)15-7-4-8-17(11-15)26-13-14-5-2-1-3-6-14/h1-12,25H,13,23H2. The Labute approximate surface area is 155 Å². The molecule has 0 atom stereocenters. The van der Waals surface area contributed by atoms with Crippen LogP contribution in [0.4, 0.5) is 5.69 Å². The van der Waals surface area contributed by atoms with Crippen molar-refractivity contribution in [3.05, 3.63) is 88.6 Å². The zero-order valence-electron chi connectivity index (χ0n) is 14.4. The molecule has 134 valence electrons. The zero-order chi connectivity index (χ0) is 18.8. The van der Waals surface area contributed by atoms with Crippen LogP contribution in [0.25, 0.3) is 22.3 Å². The van der Waals surface area contributed by atoms with Gasteiger partial charge in [-0.2, -0.15) is 0 Å². The average Bonchev–Trinajstić information content (AvgIpc) is 2.70. The smallest absolute Gasteiger partial charge is 0.235 e. The lowest BCUT2D eigenvalue weighted by atomic mass is 10.1. The molecule has 0 saturated carbocycles. The van der Waals surface area contributed by atoms with E-state index in [-0.39, 0.29) is 11.1 Å². The van der Waals surface area contributed by atoms with Gasteiger partial charge in [-0.1, -0.05) is 42.5 Å². The Morgan fingerprint density at radius 3 is 2.59 bits per heavy atom. The van der Waals surface area contributed by atoms with Crippen molar-refractivity contribution < 1.29 is 14.3 Å². The highest BCUT2D eigenvalue weighted by Crippen LogP contribution is 2.32. The number of anilines is 1. The van der Waals surface area contributed by atoms with Gasteiger partial charge in [-0.25, -0.2) is 0 Å². The van der Waals surface area contributed by atoms with Gasteiger partial charge in [-0.15, -0.1) is 0 Å². The first-order chi connectivity index (χ1) is 13.1. The van der Waals surface area contributed by atoms with E-state index in [1.165, 1.54) is 6.07 Å². The van der Waals surface area contributed by atoms with Crippen LogP contribution in [0, 0.1) is 0 Å². The number of benzene rings is 3. The van der Waals surface area contributed by atoms with Crippen LogP contribution in [0.3, 0.4) is 0 Å². The maximum atomic E-state index is 12.5. The van der Waals surface area contributed by atoms with Gasteiger partial charge >= 0.3 is 0 Å². The van der Waals surface area contributed by atoms with Gasteiger partial charge in [0.05, 0.1) is 5.39 Å². The summed E-state index contributed by atoms with van der Waals surface area (Å²) >= 11 is 0. The van der Waals surface area contributed by atoms with E-state index in [0.29, 0.717) is 29.2 Å². The summed E-state index contributed by atoms with van der Waals surface area (Å²) in [5.74, 6) is 0.256. The molecule has 0 saturated heterocycles. The summed E-state index contributed by atoms with van der Waals surface area (Å²) in [5, 5.41) is 10.6. The van der Waals surface area contributed by atoms with Crippen molar-refractivity contribution >= 4 is 16.7 Å². The molecule has 0 radical (unpaired) electrons. The molecule has 4 rings (SSSR count). The third-order valence-electron chi connectivity index (χ3n) is 4.23. The molecule has 1 heterocycles. The number of fused-ring (bicyclic) bond motifs is 1. The fourth-order valence-electron chi connectivity index (χ4n) is 2.87. The molecule has 3 N–H and O–H groups in total. The third-order valence-corrected chi connectivity index (χ3v) is 4.23. The van der Waals surface area contributed by atoms with Crippen LogP contribution in [0.15, 0.2) is 82.0 Å². The molecule has 1 aromatic heterocycles. The molecule has 4 aromatic rings. The van der Waals surface area contributed by atoms with Gasteiger partial charge in [-0.05, 0) is 35.9 Å². The van der Waals surface area contributed by atoms with Crippen molar-refractivity contribution in [1.82, 2.24) is 0 Å². The summed E-state index contributed by atoms with van der Waals surface area (Å²) in [6, 6.07) is 21.6. The molecule has 0 bridgehead atoms. The van der Waals surface area contributed by atoms with Crippen LogP contribution < -0.4 is 15.9 Å². The van der Waals surface area contributed by atoms with Crippen molar-refractivity contribution in [3.8, 4) is 22.8 Å². The highest BCUT2D eigenvalue weighted by molar-refractivity contribution is 5.84. The molecule has 5 heteroatoms. The lowest BCUT2D eigenvalue weighted by Gasteiger charge is -2.10. The lowest BCUT2D eigenvalue weighted by molar-refractivity contribution is 0.306. The molecular weight excluding hydrogens is 342 g/mol. The van der Waals surface area contributed by atoms with Crippen molar-refractivity contribution in [1.29, 1.82) is 0 Å². The van der Waals surface area contributed by atoms with Crippen LogP contribution in [0.5, 0.6) is 11.5 Å². The van der Waals surface area contributed by atoms with Crippen LogP contribution in [0.2, 0.25) is 0 Å². The van der Waals surface area contributed by atoms with Gasteiger partial charge in [-0.3, -0.25) is 4.79 Å². The summed E-state index contributed by atoms with van der Waals surface area (Å²) < 4.78 is 11.6. The number of ether oxygens (including phenoxy) is 1. The van der Waals surface area contributed by atoms with Gasteiger partial charge in [0, 0.05) is 11.3 Å². The van der Waals surface area contributed by atoms with E-state index in [2.05, 4.69) is 0 Å². The predicted molar refractivity (Wildman–Crippen MR) is 105 cm³/mol. The van der Waals surface area contributed by atoms with Crippen molar-refractivity contribution in [2.24, 2.45) is 0 Å². The van der Waals surface area contributed by atoms with Crippen LogP contribution in [-0.2, 0) is 6.61 Å². The first kappa shape index (κ1) is 16.7. The highest BCUT2D eigenvalue weighted by atomic mass is 16.5. The minimum atomic E-state index is -0.519. The fraction of sp³-hybridized carbons (Fsp3) is 0.0455. The molecule has 0 aliphatic heterocycles. The number of hydrogen-bond donors (Lipinski definition) is 2. The molecule has 27 heavy (non-hydrogen) atoms. The van der Waals surface area contributed by atoms with E-state index >= 15 is 0 Å². The van der Waals surface area contributed by atoms with E-state index in [9.17, 15) is 9.90 Å². The molecular formula is C22H17NO4. The molecule has 0 fully saturated rings. The van der Waals surface area contributed by atoms with Gasteiger partial charge in [0.2, 0.25) is 11.2 Å². The summed E-state index contributed by atoms with van der Waals surface area (Å²) in [5.41, 5.74) is 7.58. The first-order valence-corrected chi connectivity index (χ1v) is 8.44. The van der Waals surface area contributed by atoms with E-state index in [1.807, 2.05) is 36.4 Å². The molecule has 0 aliphatic rings. The van der Waals surface area contributed by atoms with Gasteiger partial charge < -0.3 is 20.0 Å². The Morgan fingerprint density at radius 2 is 1.78 bits per heavy atom. The Bertz CT molecular complexity index is 1170. The monoisotopic (exact) mass is 359 g/mol. The second-order valence-electron chi connectivity index (χ2n) is 6.17. The molecule has 0 unspecified atom stereocenters. The van der Waals surface area contributed by atoms with E-state index in [4.69, 9.17) is 14.9 Å². The summed E-state index contributed by atoms with van der Waals surface area (Å²) in [6.45, 7) is 0.414. The van der Waals surface area contributed by atoms with Gasteiger partial charge in [0.15, 0.2) is 5.76 Å². The van der Waals surface area contributed by atoms with Crippen molar-refractivity contribution in [2.75, 3.05) is 5.73 Å².